The molecular formula is C24H18N2O2. The SMILES string of the molecule is CN1C(=O)c2ccc(-c3ccc(-c4ccncc4)cc3)c3cccc(c23)C1O. The van der Waals surface area contributed by atoms with Gasteiger partial charge in [0.15, 0.2) is 6.23 Å². The highest BCUT2D eigenvalue weighted by Crippen LogP contribution is 2.39. The average molecular weight is 366 g/mol. The summed E-state index contributed by atoms with van der Waals surface area (Å²) in [5.74, 6) is -0.157. The van der Waals surface area contributed by atoms with Crippen LogP contribution in [0.5, 0.6) is 0 Å². The third kappa shape index (κ3) is 2.42. The van der Waals surface area contributed by atoms with Gasteiger partial charge in [0.05, 0.1) is 0 Å². The van der Waals surface area contributed by atoms with Crippen molar-refractivity contribution in [2.75, 3.05) is 7.05 Å². The monoisotopic (exact) mass is 366 g/mol. The Morgan fingerprint density at radius 3 is 2.21 bits per heavy atom. The van der Waals surface area contributed by atoms with Gasteiger partial charge in [-0.1, -0.05) is 48.5 Å². The molecule has 1 amide bonds. The molecule has 0 spiro atoms. The van der Waals surface area contributed by atoms with E-state index in [9.17, 15) is 9.90 Å². The van der Waals surface area contributed by atoms with Crippen molar-refractivity contribution in [2.24, 2.45) is 0 Å². The lowest BCUT2D eigenvalue weighted by Crippen LogP contribution is -2.34. The molecule has 1 N–H and O–H groups in total. The van der Waals surface area contributed by atoms with Crippen molar-refractivity contribution in [3.8, 4) is 22.3 Å². The maximum absolute atomic E-state index is 12.6. The van der Waals surface area contributed by atoms with Gasteiger partial charge < -0.3 is 10.0 Å². The molecule has 0 saturated heterocycles. The maximum Gasteiger partial charge on any atom is 0.256 e. The van der Waals surface area contributed by atoms with Crippen LogP contribution in [0, 0.1) is 0 Å². The lowest BCUT2D eigenvalue weighted by molar-refractivity contribution is 0.0174. The smallest absolute Gasteiger partial charge is 0.256 e. The first-order valence-corrected chi connectivity index (χ1v) is 9.17. The van der Waals surface area contributed by atoms with Crippen LogP contribution in [0.4, 0.5) is 0 Å². The summed E-state index contributed by atoms with van der Waals surface area (Å²) in [6, 6.07) is 22.0. The van der Waals surface area contributed by atoms with Crippen LogP contribution in [-0.4, -0.2) is 27.9 Å². The Balaban J connectivity index is 1.67. The summed E-state index contributed by atoms with van der Waals surface area (Å²) in [6.45, 7) is 0. The molecule has 28 heavy (non-hydrogen) atoms. The molecule has 0 fully saturated rings. The van der Waals surface area contributed by atoms with E-state index in [4.69, 9.17) is 0 Å². The van der Waals surface area contributed by atoms with Crippen LogP contribution in [-0.2, 0) is 0 Å². The van der Waals surface area contributed by atoms with Crippen molar-refractivity contribution in [1.82, 2.24) is 9.88 Å². The second kappa shape index (κ2) is 6.29. The van der Waals surface area contributed by atoms with Gasteiger partial charge >= 0.3 is 0 Å². The fraction of sp³-hybridized carbons (Fsp3) is 0.0833. The molecule has 1 aliphatic heterocycles. The Hall–Kier alpha value is -3.50. The van der Waals surface area contributed by atoms with Crippen LogP contribution in [0.3, 0.4) is 0 Å². The molecule has 5 rings (SSSR count). The van der Waals surface area contributed by atoms with Gasteiger partial charge in [0, 0.05) is 36.0 Å². The molecule has 4 heteroatoms. The number of aliphatic hydroxyl groups is 1. The number of benzene rings is 3. The number of aliphatic hydroxyl groups excluding tert-OH is 1. The van der Waals surface area contributed by atoms with Gasteiger partial charge in [0.1, 0.15) is 0 Å². The van der Waals surface area contributed by atoms with Crippen molar-refractivity contribution in [2.45, 2.75) is 6.23 Å². The minimum absolute atomic E-state index is 0.157. The van der Waals surface area contributed by atoms with Crippen molar-refractivity contribution in [1.29, 1.82) is 0 Å². The summed E-state index contributed by atoms with van der Waals surface area (Å²) in [4.78, 5) is 18.1. The van der Waals surface area contributed by atoms with Gasteiger partial charge in [0.25, 0.3) is 5.91 Å². The number of amides is 1. The molecule has 1 aliphatic rings. The summed E-state index contributed by atoms with van der Waals surface area (Å²) in [5, 5.41) is 12.4. The van der Waals surface area contributed by atoms with E-state index in [1.54, 1.807) is 19.4 Å². The Bertz CT molecular complexity index is 1200. The van der Waals surface area contributed by atoms with Crippen molar-refractivity contribution < 1.29 is 9.90 Å². The lowest BCUT2D eigenvalue weighted by atomic mass is 9.88. The van der Waals surface area contributed by atoms with E-state index in [0.29, 0.717) is 5.56 Å². The zero-order chi connectivity index (χ0) is 19.3. The first-order valence-electron chi connectivity index (χ1n) is 9.17. The molecule has 4 aromatic rings. The molecule has 1 aromatic heterocycles. The summed E-state index contributed by atoms with van der Waals surface area (Å²) in [5.41, 5.74) is 5.77. The van der Waals surface area contributed by atoms with E-state index in [1.165, 1.54) is 4.90 Å². The number of nitrogens with zero attached hydrogens (tertiary/aromatic N) is 2. The van der Waals surface area contributed by atoms with Gasteiger partial charge in [0.2, 0.25) is 0 Å². The fourth-order valence-electron chi connectivity index (χ4n) is 3.98. The predicted octanol–water partition coefficient (Wildman–Crippen LogP) is 4.65. The minimum atomic E-state index is -0.923. The van der Waals surface area contributed by atoms with Crippen molar-refractivity contribution >= 4 is 16.7 Å². The fourth-order valence-corrected chi connectivity index (χ4v) is 3.98. The summed E-state index contributed by atoms with van der Waals surface area (Å²) >= 11 is 0. The molecule has 136 valence electrons. The quantitative estimate of drug-likeness (QED) is 0.562. The van der Waals surface area contributed by atoms with E-state index in [-0.39, 0.29) is 5.91 Å². The van der Waals surface area contributed by atoms with Crippen LogP contribution in [0.25, 0.3) is 33.0 Å². The molecular weight excluding hydrogens is 348 g/mol. The highest BCUT2D eigenvalue weighted by Gasteiger charge is 2.30. The Labute approximate surface area is 162 Å². The zero-order valence-electron chi connectivity index (χ0n) is 15.3. The maximum atomic E-state index is 12.6. The van der Waals surface area contributed by atoms with E-state index >= 15 is 0 Å². The molecule has 3 aromatic carbocycles. The van der Waals surface area contributed by atoms with E-state index in [0.717, 1.165) is 38.6 Å². The first-order chi connectivity index (χ1) is 13.6. The Morgan fingerprint density at radius 2 is 1.46 bits per heavy atom. The zero-order valence-corrected chi connectivity index (χ0v) is 15.3. The van der Waals surface area contributed by atoms with Crippen LogP contribution >= 0.6 is 0 Å². The Morgan fingerprint density at radius 1 is 0.821 bits per heavy atom. The van der Waals surface area contributed by atoms with Gasteiger partial charge in [-0.05, 0) is 45.8 Å². The highest BCUT2D eigenvalue weighted by molar-refractivity contribution is 6.13. The average Bonchev–Trinajstić information content (AvgIpc) is 2.76. The van der Waals surface area contributed by atoms with Crippen LogP contribution < -0.4 is 0 Å². The largest absolute Gasteiger partial charge is 0.369 e. The molecule has 0 bridgehead atoms. The van der Waals surface area contributed by atoms with Gasteiger partial charge in [-0.25, -0.2) is 0 Å². The number of carbonyl (C=O) groups is 1. The molecule has 1 atom stereocenters. The third-order valence-corrected chi connectivity index (χ3v) is 5.48. The predicted molar refractivity (Wildman–Crippen MR) is 110 cm³/mol. The van der Waals surface area contributed by atoms with Crippen LogP contribution in [0.15, 0.2) is 79.1 Å². The summed E-state index contributed by atoms with van der Waals surface area (Å²) < 4.78 is 0. The summed E-state index contributed by atoms with van der Waals surface area (Å²) in [6.07, 6.45) is 2.65. The van der Waals surface area contributed by atoms with Gasteiger partial charge in [-0.3, -0.25) is 9.78 Å². The molecule has 1 unspecified atom stereocenters. The number of hydrogen-bond donors (Lipinski definition) is 1. The minimum Gasteiger partial charge on any atom is -0.369 e. The second-order valence-corrected chi connectivity index (χ2v) is 7.03. The third-order valence-electron chi connectivity index (χ3n) is 5.48. The number of aromatic nitrogens is 1. The number of pyridine rings is 1. The number of hydrogen-bond acceptors (Lipinski definition) is 3. The van der Waals surface area contributed by atoms with Crippen molar-refractivity contribution in [3.63, 3.8) is 0 Å². The first kappa shape index (κ1) is 16.7. The standard InChI is InChI=1S/C24H18N2O2/c1-26-23(27)20-4-2-3-19-18(9-10-21(22(19)20)24(26)28)17-7-5-15(6-8-17)16-11-13-25-14-12-16/h2-14,23,27H,1H3. The Kier molecular flexibility index (Phi) is 3.74. The molecule has 0 saturated carbocycles. The molecule has 0 radical (unpaired) electrons. The highest BCUT2D eigenvalue weighted by atomic mass is 16.3. The summed E-state index contributed by atoms with van der Waals surface area (Å²) in [7, 11) is 1.63. The number of carbonyl (C=O) groups excluding carboxylic acids is 1. The van der Waals surface area contributed by atoms with Crippen molar-refractivity contribution in [3.05, 3.63) is 90.3 Å². The van der Waals surface area contributed by atoms with E-state index < -0.39 is 6.23 Å². The molecule has 4 nitrogen and oxygen atoms in total. The van der Waals surface area contributed by atoms with Gasteiger partial charge in [-0.2, -0.15) is 0 Å². The van der Waals surface area contributed by atoms with E-state index in [1.807, 2.05) is 42.5 Å². The van der Waals surface area contributed by atoms with Gasteiger partial charge in [-0.15, -0.1) is 0 Å². The van der Waals surface area contributed by atoms with Crippen LogP contribution in [0.1, 0.15) is 22.1 Å². The topological polar surface area (TPSA) is 53.4 Å². The molecule has 2 heterocycles. The second-order valence-electron chi connectivity index (χ2n) is 7.03. The number of rotatable bonds is 2. The van der Waals surface area contributed by atoms with Crippen LogP contribution in [0.2, 0.25) is 0 Å². The normalized spacial score (nSPS) is 15.9. The lowest BCUT2D eigenvalue weighted by Gasteiger charge is -2.31. The van der Waals surface area contributed by atoms with E-state index in [2.05, 4.69) is 29.2 Å². The molecule has 0 aliphatic carbocycles.